The van der Waals surface area contributed by atoms with Crippen molar-refractivity contribution in [3.05, 3.63) is 77.4 Å². The number of aromatic nitrogens is 1. The summed E-state index contributed by atoms with van der Waals surface area (Å²) in [5.74, 6) is 0.136. The molecule has 0 unspecified atom stereocenters. The molecule has 0 aliphatic rings. The van der Waals surface area contributed by atoms with Crippen molar-refractivity contribution in [2.45, 2.75) is 11.8 Å². The number of sulfonamides is 1. The van der Waals surface area contributed by atoms with Crippen molar-refractivity contribution in [2.24, 2.45) is 0 Å². The van der Waals surface area contributed by atoms with Gasteiger partial charge in [-0.05, 0) is 55.5 Å². The van der Waals surface area contributed by atoms with Crippen molar-refractivity contribution >= 4 is 33.2 Å². The molecular formula is C20H18ClN3O4S. The van der Waals surface area contributed by atoms with Gasteiger partial charge >= 0.3 is 0 Å². The Morgan fingerprint density at radius 2 is 1.86 bits per heavy atom. The Morgan fingerprint density at radius 1 is 1.10 bits per heavy atom. The minimum Gasteiger partial charge on any atom is -0.438 e. The van der Waals surface area contributed by atoms with Crippen LogP contribution in [-0.4, -0.2) is 25.9 Å². The Morgan fingerprint density at radius 3 is 2.59 bits per heavy atom. The summed E-state index contributed by atoms with van der Waals surface area (Å²) in [7, 11) is -3.79. The number of hydrogen-bond donors (Lipinski definition) is 2. The van der Waals surface area contributed by atoms with Gasteiger partial charge in [0, 0.05) is 23.8 Å². The number of rotatable bonds is 7. The van der Waals surface area contributed by atoms with E-state index in [0.29, 0.717) is 23.0 Å². The number of halogens is 1. The number of carbonyl (C=O) groups is 1. The fourth-order valence-electron chi connectivity index (χ4n) is 2.46. The molecule has 0 fully saturated rings. The van der Waals surface area contributed by atoms with Crippen LogP contribution < -0.4 is 14.8 Å². The molecule has 1 aromatic heterocycles. The summed E-state index contributed by atoms with van der Waals surface area (Å²) in [6, 6.07) is 15.4. The highest BCUT2D eigenvalue weighted by Crippen LogP contribution is 2.26. The Balaban J connectivity index is 1.82. The van der Waals surface area contributed by atoms with Gasteiger partial charge in [0.2, 0.25) is 5.88 Å². The van der Waals surface area contributed by atoms with Crippen molar-refractivity contribution in [1.82, 2.24) is 10.3 Å². The Hall–Kier alpha value is -3.10. The maximum atomic E-state index is 12.5. The van der Waals surface area contributed by atoms with Crippen molar-refractivity contribution in [3.8, 4) is 11.6 Å². The van der Waals surface area contributed by atoms with E-state index in [0.717, 1.165) is 0 Å². The molecule has 0 radical (unpaired) electrons. The predicted molar refractivity (Wildman–Crippen MR) is 111 cm³/mol. The van der Waals surface area contributed by atoms with E-state index in [1.165, 1.54) is 36.5 Å². The third-order valence-electron chi connectivity index (χ3n) is 3.78. The minimum atomic E-state index is -3.79. The number of anilines is 1. The molecule has 1 heterocycles. The van der Waals surface area contributed by atoms with Crippen LogP contribution in [0.25, 0.3) is 0 Å². The number of ether oxygens (including phenoxy) is 1. The van der Waals surface area contributed by atoms with Crippen molar-refractivity contribution < 1.29 is 17.9 Å². The Kier molecular flexibility index (Phi) is 6.36. The lowest BCUT2D eigenvalue weighted by atomic mass is 10.2. The average molecular weight is 432 g/mol. The van der Waals surface area contributed by atoms with Crippen molar-refractivity contribution in [1.29, 1.82) is 0 Å². The topological polar surface area (TPSA) is 97.4 Å². The summed E-state index contributed by atoms with van der Waals surface area (Å²) in [5, 5.41) is 3.13. The van der Waals surface area contributed by atoms with E-state index in [9.17, 15) is 13.2 Å². The van der Waals surface area contributed by atoms with Gasteiger partial charge in [0.25, 0.3) is 15.9 Å². The van der Waals surface area contributed by atoms with Gasteiger partial charge in [0.1, 0.15) is 11.3 Å². The third-order valence-corrected chi connectivity index (χ3v) is 5.43. The molecule has 7 nitrogen and oxygen atoms in total. The zero-order valence-corrected chi connectivity index (χ0v) is 17.0. The molecule has 9 heteroatoms. The highest BCUT2D eigenvalue weighted by atomic mass is 35.5. The molecule has 3 aromatic rings. The zero-order valence-electron chi connectivity index (χ0n) is 15.4. The molecular weight excluding hydrogens is 414 g/mol. The monoisotopic (exact) mass is 431 g/mol. The summed E-state index contributed by atoms with van der Waals surface area (Å²) < 4.78 is 33.3. The number of amides is 1. The van der Waals surface area contributed by atoms with Crippen molar-refractivity contribution in [2.75, 3.05) is 11.3 Å². The molecule has 3 rings (SSSR count). The van der Waals surface area contributed by atoms with Crippen LogP contribution in [0, 0.1) is 0 Å². The number of benzene rings is 2. The number of nitrogens with one attached hydrogen (secondary N) is 2. The van der Waals surface area contributed by atoms with Gasteiger partial charge in [0.15, 0.2) is 0 Å². The summed E-state index contributed by atoms with van der Waals surface area (Å²) in [6.07, 6.45) is 1.51. The largest absolute Gasteiger partial charge is 0.438 e. The third kappa shape index (κ3) is 5.24. The van der Waals surface area contributed by atoms with Gasteiger partial charge in [0.05, 0.1) is 10.6 Å². The lowest BCUT2D eigenvalue weighted by Gasteiger charge is -2.12. The second kappa shape index (κ2) is 8.93. The lowest BCUT2D eigenvalue weighted by Crippen LogP contribution is -2.23. The highest BCUT2D eigenvalue weighted by Gasteiger charge is 2.16. The smallest absolute Gasteiger partial charge is 0.261 e. The molecule has 0 spiro atoms. The average Bonchev–Trinajstić information content (AvgIpc) is 2.69. The molecule has 0 aliphatic heterocycles. The first-order valence-corrected chi connectivity index (χ1v) is 10.5. The summed E-state index contributed by atoms with van der Waals surface area (Å²) in [5.41, 5.74) is 0.578. The summed E-state index contributed by atoms with van der Waals surface area (Å²) in [6.45, 7) is 2.28. The predicted octanol–water partition coefficient (Wildman–Crippen LogP) is 4.08. The lowest BCUT2D eigenvalue weighted by molar-refractivity contribution is 0.0953. The van der Waals surface area contributed by atoms with Crippen LogP contribution >= 0.6 is 11.6 Å². The van der Waals surface area contributed by atoms with E-state index >= 15 is 0 Å². The number of carbonyl (C=O) groups excluding carboxylic acids is 1. The second-order valence-electron chi connectivity index (χ2n) is 5.90. The van der Waals surface area contributed by atoms with Gasteiger partial charge < -0.3 is 10.1 Å². The molecule has 0 atom stereocenters. The molecule has 0 saturated carbocycles. The minimum absolute atomic E-state index is 0.0801. The zero-order chi connectivity index (χ0) is 20.9. The number of pyridine rings is 1. The van der Waals surface area contributed by atoms with E-state index in [1.54, 1.807) is 30.3 Å². The highest BCUT2D eigenvalue weighted by molar-refractivity contribution is 7.92. The molecule has 0 bridgehead atoms. The number of nitrogens with zero attached hydrogens (tertiary/aromatic N) is 1. The van der Waals surface area contributed by atoms with Gasteiger partial charge in [-0.3, -0.25) is 9.52 Å². The van der Waals surface area contributed by atoms with Gasteiger partial charge in [-0.15, -0.1) is 0 Å². The molecule has 1 amide bonds. The van der Waals surface area contributed by atoms with Gasteiger partial charge in [-0.25, -0.2) is 13.4 Å². The quantitative estimate of drug-likeness (QED) is 0.587. The van der Waals surface area contributed by atoms with Crippen LogP contribution in [0.15, 0.2) is 71.8 Å². The van der Waals surface area contributed by atoms with Gasteiger partial charge in [-0.2, -0.15) is 0 Å². The van der Waals surface area contributed by atoms with Crippen LogP contribution in [0.1, 0.15) is 17.3 Å². The number of hydrogen-bond acceptors (Lipinski definition) is 5. The van der Waals surface area contributed by atoms with Gasteiger partial charge in [-0.1, -0.05) is 17.7 Å². The molecule has 29 heavy (non-hydrogen) atoms. The summed E-state index contributed by atoms with van der Waals surface area (Å²) in [4.78, 5) is 16.3. The maximum Gasteiger partial charge on any atom is 0.261 e. The van der Waals surface area contributed by atoms with E-state index < -0.39 is 10.0 Å². The Bertz CT molecular complexity index is 1120. The summed E-state index contributed by atoms with van der Waals surface area (Å²) >= 11 is 5.81. The van der Waals surface area contributed by atoms with Crippen LogP contribution in [0.2, 0.25) is 5.02 Å². The molecule has 150 valence electrons. The first-order chi connectivity index (χ1) is 13.9. The first kappa shape index (κ1) is 20.6. The molecule has 2 aromatic carbocycles. The molecule has 0 aliphatic carbocycles. The van der Waals surface area contributed by atoms with Crippen LogP contribution in [0.3, 0.4) is 0 Å². The second-order valence-corrected chi connectivity index (χ2v) is 8.02. The van der Waals surface area contributed by atoms with E-state index in [4.69, 9.17) is 16.3 Å². The van der Waals surface area contributed by atoms with Crippen LogP contribution in [-0.2, 0) is 10.0 Å². The maximum absolute atomic E-state index is 12.5. The fraction of sp³-hybridized carbons (Fsp3) is 0.100. The normalized spacial score (nSPS) is 11.0. The van der Waals surface area contributed by atoms with Crippen molar-refractivity contribution in [3.63, 3.8) is 0 Å². The van der Waals surface area contributed by atoms with E-state index in [1.807, 2.05) is 6.92 Å². The SMILES string of the molecule is CCNC(=O)c1cccnc1Oc1cccc(NS(=O)(=O)c2ccc(Cl)cc2)c1. The van der Waals surface area contributed by atoms with Crippen LogP contribution in [0.4, 0.5) is 5.69 Å². The first-order valence-electron chi connectivity index (χ1n) is 8.68. The molecule has 0 saturated heterocycles. The standard InChI is InChI=1S/C20H18ClN3O4S/c1-2-22-19(25)18-7-4-12-23-20(18)28-16-6-3-5-15(13-16)24-29(26,27)17-10-8-14(21)9-11-17/h3-13,24H,2H2,1H3,(H,22,25). The van der Waals surface area contributed by atoms with Crippen LogP contribution in [0.5, 0.6) is 11.6 Å². The fourth-order valence-corrected chi connectivity index (χ4v) is 3.64. The van der Waals surface area contributed by atoms with E-state index in [2.05, 4.69) is 15.0 Å². The van der Waals surface area contributed by atoms with E-state index in [-0.39, 0.29) is 22.2 Å². The molecule has 2 N–H and O–H groups in total. The Labute approximate surface area is 173 Å².